The molecule has 3 aromatic heterocycles. The molecule has 0 unspecified atom stereocenters. The van der Waals surface area contributed by atoms with Gasteiger partial charge in [-0.1, -0.05) is 12.1 Å². The summed E-state index contributed by atoms with van der Waals surface area (Å²) in [6.45, 7) is 0. The Bertz CT molecular complexity index is 418. The summed E-state index contributed by atoms with van der Waals surface area (Å²) in [6, 6.07) is 8.46. The lowest BCUT2D eigenvalue weighted by Gasteiger charge is -1.84. The maximum absolute atomic E-state index is 3.56. The average molecular weight is 247 g/mol. The Morgan fingerprint density at radius 1 is 0.688 bits per heavy atom. The maximum atomic E-state index is 3.56. The van der Waals surface area contributed by atoms with Crippen molar-refractivity contribution in [2.75, 3.05) is 0 Å². The van der Waals surface area contributed by atoms with Crippen molar-refractivity contribution in [2.45, 2.75) is 0 Å². The van der Waals surface area contributed by atoms with Crippen molar-refractivity contribution in [3.05, 3.63) is 54.0 Å². The Hall–Kier alpha value is -1.59. The minimum atomic E-state index is 1.37. The van der Waals surface area contributed by atoms with E-state index < -0.39 is 0 Å². The van der Waals surface area contributed by atoms with Crippen LogP contribution in [0.1, 0.15) is 0 Å². The second-order valence-electron chi connectivity index (χ2n) is 2.75. The molecule has 5 heteroatoms. The summed E-state index contributed by atoms with van der Waals surface area (Å²) < 4.78 is 0. The summed E-state index contributed by atoms with van der Waals surface area (Å²) in [6.07, 6.45) is 4.31. The van der Waals surface area contributed by atoms with Crippen LogP contribution in [0.4, 0.5) is 0 Å². The van der Waals surface area contributed by atoms with Gasteiger partial charge in [-0.25, -0.2) is 15.0 Å². The van der Waals surface area contributed by atoms with Crippen LogP contribution in [0.3, 0.4) is 0 Å². The molecule has 3 aromatic rings. The van der Waals surface area contributed by atoms with Crippen molar-refractivity contribution in [1.82, 2.24) is 15.0 Å². The molecule has 0 saturated carbocycles. The zero-order valence-electron chi connectivity index (χ0n) is 8.35. The van der Waals surface area contributed by atoms with Crippen LogP contribution in [0, 0.1) is 0 Å². The number of hydrogen-bond donors (Lipinski definition) is 0. The second kappa shape index (κ2) is 6.09. The van der Waals surface area contributed by atoms with Gasteiger partial charge in [0.05, 0.1) is 0 Å². The average Bonchev–Trinajstić information content (AvgIpc) is 3.05. The second-order valence-corrected chi connectivity index (χ2v) is 4.64. The van der Waals surface area contributed by atoms with E-state index in [-0.39, 0.29) is 0 Å². The van der Waals surface area contributed by atoms with Gasteiger partial charge in [0.1, 0.15) is 19.0 Å². The lowest BCUT2D eigenvalue weighted by molar-refractivity contribution is 1.05. The zero-order chi connectivity index (χ0) is 11.1. The molecule has 0 aliphatic carbocycles. The van der Waals surface area contributed by atoms with E-state index in [9.17, 15) is 0 Å². The van der Waals surface area contributed by atoms with Gasteiger partial charge in [0.2, 0.25) is 0 Å². The van der Waals surface area contributed by atoms with Gasteiger partial charge in [-0.2, -0.15) is 0 Å². The van der Waals surface area contributed by atoms with Gasteiger partial charge in [-0.05, 0) is 22.9 Å². The van der Waals surface area contributed by atoms with E-state index in [4.69, 9.17) is 0 Å². The SMILES string of the molecule is c1csc(-c2cccs2)c1.c1ncncn1. The molecule has 0 atom stereocenters. The predicted octanol–water partition coefficient (Wildman–Crippen LogP) is 3.35. The third kappa shape index (κ3) is 3.22. The van der Waals surface area contributed by atoms with Crippen LogP contribution < -0.4 is 0 Å². The first-order valence-corrected chi connectivity index (χ1v) is 6.35. The Kier molecular flexibility index (Phi) is 4.16. The lowest BCUT2D eigenvalue weighted by atomic mass is 10.4. The molecule has 0 aliphatic rings. The first-order valence-electron chi connectivity index (χ1n) is 4.59. The fourth-order valence-corrected chi connectivity index (χ4v) is 2.62. The molecule has 3 nitrogen and oxygen atoms in total. The number of nitrogens with zero attached hydrogens (tertiary/aromatic N) is 3. The topological polar surface area (TPSA) is 38.7 Å². The number of hydrogen-bond acceptors (Lipinski definition) is 5. The van der Waals surface area contributed by atoms with Crippen LogP contribution in [0.25, 0.3) is 9.75 Å². The van der Waals surface area contributed by atoms with Gasteiger partial charge in [0, 0.05) is 9.75 Å². The molecule has 0 bridgehead atoms. The summed E-state index contributed by atoms with van der Waals surface area (Å²) in [5.74, 6) is 0. The molecule has 0 aliphatic heterocycles. The molecular weight excluding hydrogens is 238 g/mol. The molecule has 0 spiro atoms. The number of thiophene rings is 2. The lowest BCUT2D eigenvalue weighted by Crippen LogP contribution is -1.73. The number of rotatable bonds is 1. The molecular formula is C11H9N3S2. The smallest absolute Gasteiger partial charge is 0.119 e. The Morgan fingerprint density at radius 3 is 1.38 bits per heavy atom. The standard InChI is InChI=1S/C8H6S2.C3H3N3/c1-3-7(9-5-1)8-4-2-6-10-8;1-4-2-6-3-5-1/h1-6H;1-3H. The van der Waals surface area contributed by atoms with Crippen LogP contribution in [-0.2, 0) is 0 Å². The van der Waals surface area contributed by atoms with Gasteiger partial charge in [-0.15, -0.1) is 22.7 Å². The quantitative estimate of drug-likeness (QED) is 0.662. The fraction of sp³-hybridized carbons (Fsp3) is 0. The highest BCUT2D eigenvalue weighted by Crippen LogP contribution is 2.28. The zero-order valence-corrected chi connectivity index (χ0v) is 9.99. The first kappa shape index (κ1) is 10.9. The molecule has 0 saturated heterocycles. The Morgan fingerprint density at radius 2 is 1.12 bits per heavy atom. The molecule has 0 N–H and O–H groups in total. The van der Waals surface area contributed by atoms with Crippen LogP contribution in [-0.4, -0.2) is 15.0 Å². The van der Waals surface area contributed by atoms with E-state index in [0.717, 1.165) is 0 Å². The third-order valence-corrected chi connectivity index (χ3v) is 3.62. The van der Waals surface area contributed by atoms with E-state index in [0.29, 0.717) is 0 Å². The predicted molar refractivity (Wildman–Crippen MR) is 67.5 cm³/mol. The van der Waals surface area contributed by atoms with Crippen molar-refractivity contribution >= 4 is 22.7 Å². The van der Waals surface area contributed by atoms with Crippen LogP contribution in [0.2, 0.25) is 0 Å². The summed E-state index contributed by atoms with van der Waals surface area (Å²) >= 11 is 3.58. The molecule has 3 heterocycles. The highest BCUT2D eigenvalue weighted by Gasteiger charge is 1.96. The Balaban J connectivity index is 0.000000138. The van der Waals surface area contributed by atoms with E-state index in [1.54, 1.807) is 22.7 Å². The van der Waals surface area contributed by atoms with E-state index in [1.165, 1.54) is 28.7 Å². The molecule has 80 valence electrons. The van der Waals surface area contributed by atoms with E-state index in [2.05, 4.69) is 50.0 Å². The highest BCUT2D eigenvalue weighted by atomic mass is 32.1. The van der Waals surface area contributed by atoms with Crippen molar-refractivity contribution < 1.29 is 0 Å². The van der Waals surface area contributed by atoms with Crippen molar-refractivity contribution in [3.8, 4) is 9.75 Å². The van der Waals surface area contributed by atoms with Crippen LogP contribution in [0.5, 0.6) is 0 Å². The Labute approximate surface area is 101 Å². The normalized spacial score (nSPS) is 9.25. The summed E-state index contributed by atoms with van der Waals surface area (Å²) in [5, 5.41) is 4.21. The van der Waals surface area contributed by atoms with Crippen LogP contribution >= 0.6 is 22.7 Å². The first-order chi connectivity index (χ1) is 7.97. The van der Waals surface area contributed by atoms with Gasteiger partial charge in [-0.3, -0.25) is 0 Å². The molecule has 0 fully saturated rings. The fourth-order valence-electron chi connectivity index (χ4n) is 1.04. The van der Waals surface area contributed by atoms with Crippen molar-refractivity contribution in [2.24, 2.45) is 0 Å². The van der Waals surface area contributed by atoms with Gasteiger partial charge < -0.3 is 0 Å². The molecule has 0 radical (unpaired) electrons. The van der Waals surface area contributed by atoms with Gasteiger partial charge >= 0.3 is 0 Å². The largest absolute Gasteiger partial charge is 0.225 e. The maximum Gasteiger partial charge on any atom is 0.119 e. The van der Waals surface area contributed by atoms with Gasteiger partial charge in [0.25, 0.3) is 0 Å². The molecule has 3 rings (SSSR count). The molecule has 0 amide bonds. The van der Waals surface area contributed by atoms with Crippen molar-refractivity contribution in [1.29, 1.82) is 0 Å². The van der Waals surface area contributed by atoms with E-state index >= 15 is 0 Å². The molecule has 16 heavy (non-hydrogen) atoms. The van der Waals surface area contributed by atoms with Crippen molar-refractivity contribution in [3.63, 3.8) is 0 Å². The molecule has 0 aromatic carbocycles. The highest BCUT2D eigenvalue weighted by molar-refractivity contribution is 7.20. The number of aromatic nitrogens is 3. The monoisotopic (exact) mass is 247 g/mol. The van der Waals surface area contributed by atoms with Gasteiger partial charge in [0.15, 0.2) is 0 Å². The minimum Gasteiger partial charge on any atom is -0.225 e. The summed E-state index contributed by atoms with van der Waals surface area (Å²) in [4.78, 5) is 13.4. The summed E-state index contributed by atoms with van der Waals surface area (Å²) in [5.41, 5.74) is 0. The van der Waals surface area contributed by atoms with Crippen LogP contribution in [0.15, 0.2) is 54.0 Å². The summed E-state index contributed by atoms with van der Waals surface area (Å²) in [7, 11) is 0. The third-order valence-electron chi connectivity index (χ3n) is 1.69. The van der Waals surface area contributed by atoms with E-state index in [1.807, 2.05) is 0 Å². The minimum absolute atomic E-state index is 1.37.